The van der Waals surface area contributed by atoms with Crippen LogP contribution in [-0.4, -0.2) is 29.4 Å². The first-order valence-corrected chi connectivity index (χ1v) is 10.9. The molecule has 0 bridgehead atoms. The number of hydrogen-bond acceptors (Lipinski definition) is 2. The number of likely N-dealkylation sites (N-methyl/N-ethyl adjacent to an activating group) is 1. The van der Waals surface area contributed by atoms with Gasteiger partial charge < -0.3 is 9.47 Å². The average molecular weight is 433 g/mol. The monoisotopic (exact) mass is 432 g/mol. The predicted molar refractivity (Wildman–Crippen MR) is 129 cm³/mol. The second-order valence-electron chi connectivity index (χ2n) is 6.25. The zero-order valence-electron chi connectivity index (χ0n) is 16.4. The molecule has 5 heteroatoms. The molecular weight excluding hydrogens is 407 g/mol. The molecule has 28 heavy (non-hydrogen) atoms. The molecule has 0 saturated heterocycles. The fourth-order valence-electron chi connectivity index (χ4n) is 3.15. The van der Waals surface area contributed by atoms with Gasteiger partial charge in [-0.1, -0.05) is 67.2 Å². The highest BCUT2D eigenvalue weighted by Crippen LogP contribution is 2.38. The SMILES string of the molecule is C=CC=C.CCl.CN1CCc2c(c3cc(Cl)sc3n2/C=C/c2ccccc2)C1. The maximum atomic E-state index is 6.26. The van der Waals surface area contributed by atoms with Crippen molar-refractivity contribution in [1.29, 1.82) is 0 Å². The van der Waals surface area contributed by atoms with E-state index in [9.17, 15) is 0 Å². The largest absolute Gasteiger partial charge is 0.312 e. The van der Waals surface area contributed by atoms with Crippen LogP contribution < -0.4 is 0 Å². The van der Waals surface area contributed by atoms with Crippen LogP contribution in [0.4, 0.5) is 0 Å². The number of allylic oxidation sites excluding steroid dienone is 2. The Balaban J connectivity index is 0.000000419. The van der Waals surface area contributed by atoms with Crippen molar-refractivity contribution in [2.24, 2.45) is 0 Å². The number of nitrogens with zero attached hydrogens (tertiary/aromatic N) is 2. The van der Waals surface area contributed by atoms with Gasteiger partial charge in [-0.2, -0.15) is 0 Å². The molecule has 1 aliphatic heterocycles. The number of fused-ring (bicyclic) bond motifs is 3. The van der Waals surface area contributed by atoms with Crippen LogP contribution in [0.3, 0.4) is 0 Å². The Hall–Kier alpha value is -1.78. The van der Waals surface area contributed by atoms with Crippen LogP contribution in [0.2, 0.25) is 4.34 Å². The molecule has 0 saturated carbocycles. The minimum atomic E-state index is 0.864. The summed E-state index contributed by atoms with van der Waals surface area (Å²) in [6.07, 6.45) is 10.2. The molecule has 0 N–H and O–H groups in total. The molecule has 1 aliphatic rings. The molecule has 0 radical (unpaired) electrons. The minimum absolute atomic E-state index is 0.864. The van der Waals surface area contributed by atoms with Crippen molar-refractivity contribution in [3.8, 4) is 0 Å². The molecule has 2 nitrogen and oxygen atoms in total. The second kappa shape index (κ2) is 11.3. The summed E-state index contributed by atoms with van der Waals surface area (Å²) >= 11 is 12.6. The summed E-state index contributed by atoms with van der Waals surface area (Å²) in [6, 6.07) is 12.5. The van der Waals surface area contributed by atoms with Crippen LogP contribution in [0.15, 0.2) is 61.7 Å². The number of alkyl halides is 1. The van der Waals surface area contributed by atoms with Crippen LogP contribution in [-0.2, 0) is 13.0 Å². The molecule has 0 aliphatic carbocycles. The summed E-state index contributed by atoms with van der Waals surface area (Å²) in [5.74, 6) is 0. The highest BCUT2D eigenvalue weighted by atomic mass is 35.5. The first-order chi connectivity index (χ1) is 13.6. The van der Waals surface area contributed by atoms with E-state index < -0.39 is 0 Å². The van der Waals surface area contributed by atoms with Gasteiger partial charge in [0.2, 0.25) is 0 Å². The molecule has 2 aromatic heterocycles. The normalized spacial score (nSPS) is 13.3. The first-order valence-electron chi connectivity index (χ1n) is 8.98. The smallest absolute Gasteiger partial charge is 0.108 e. The Morgan fingerprint density at radius 3 is 2.43 bits per heavy atom. The van der Waals surface area contributed by atoms with Crippen molar-refractivity contribution >= 4 is 57.0 Å². The van der Waals surface area contributed by atoms with E-state index in [1.54, 1.807) is 23.5 Å². The average Bonchev–Trinajstić information content (AvgIpc) is 3.24. The highest BCUT2D eigenvalue weighted by Gasteiger charge is 2.23. The van der Waals surface area contributed by atoms with Crippen molar-refractivity contribution in [3.63, 3.8) is 0 Å². The van der Waals surface area contributed by atoms with Crippen LogP contribution in [0.5, 0.6) is 0 Å². The van der Waals surface area contributed by atoms with Gasteiger partial charge in [-0.15, -0.1) is 22.9 Å². The van der Waals surface area contributed by atoms with Gasteiger partial charge in [0.1, 0.15) is 4.83 Å². The molecule has 148 valence electrons. The number of rotatable bonds is 3. The highest BCUT2D eigenvalue weighted by molar-refractivity contribution is 7.22. The maximum Gasteiger partial charge on any atom is 0.108 e. The van der Waals surface area contributed by atoms with E-state index >= 15 is 0 Å². The first kappa shape index (κ1) is 22.5. The van der Waals surface area contributed by atoms with Gasteiger partial charge in [-0.05, 0) is 30.3 Å². The van der Waals surface area contributed by atoms with Crippen LogP contribution in [0, 0.1) is 0 Å². The Kier molecular flexibility index (Phi) is 9.07. The molecule has 1 aromatic carbocycles. The van der Waals surface area contributed by atoms with Crippen molar-refractivity contribution < 1.29 is 0 Å². The summed E-state index contributed by atoms with van der Waals surface area (Å²) in [7, 11) is 2.18. The van der Waals surface area contributed by atoms with Gasteiger partial charge in [0.15, 0.2) is 0 Å². The molecule has 0 spiro atoms. The third kappa shape index (κ3) is 5.39. The summed E-state index contributed by atoms with van der Waals surface area (Å²) in [5, 5.41) is 1.31. The van der Waals surface area contributed by atoms with E-state index in [0.717, 1.165) is 23.8 Å². The lowest BCUT2D eigenvalue weighted by molar-refractivity contribution is 0.312. The Morgan fingerprint density at radius 1 is 1.11 bits per heavy atom. The van der Waals surface area contributed by atoms with Gasteiger partial charge in [0.05, 0.1) is 4.34 Å². The Bertz CT molecular complexity index is 933. The molecular formula is C23H26Cl2N2S. The second-order valence-corrected chi connectivity index (χ2v) is 7.91. The molecule has 0 amide bonds. The zero-order valence-corrected chi connectivity index (χ0v) is 18.7. The van der Waals surface area contributed by atoms with Crippen molar-refractivity contribution in [3.05, 3.63) is 82.9 Å². The fourth-order valence-corrected chi connectivity index (χ4v) is 4.40. The Labute approximate surface area is 182 Å². The van der Waals surface area contributed by atoms with Crippen molar-refractivity contribution in [2.75, 3.05) is 20.0 Å². The van der Waals surface area contributed by atoms with Crippen LogP contribution in [0.25, 0.3) is 22.5 Å². The molecule has 3 aromatic rings. The van der Waals surface area contributed by atoms with E-state index in [2.05, 4.69) is 83.9 Å². The third-order valence-corrected chi connectivity index (χ3v) is 5.67. The van der Waals surface area contributed by atoms with Gasteiger partial charge in [0.25, 0.3) is 0 Å². The number of hydrogen-bond donors (Lipinski definition) is 0. The van der Waals surface area contributed by atoms with Crippen LogP contribution in [0.1, 0.15) is 16.8 Å². The number of thiophene rings is 1. The maximum absolute atomic E-state index is 6.26. The summed E-state index contributed by atoms with van der Waals surface area (Å²) < 4.78 is 3.20. The lowest BCUT2D eigenvalue weighted by atomic mass is 10.1. The van der Waals surface area contributed by atoms with Crippen LogP contribution >= 0.6 is 34.5 Å². The standard InChI is InChI=1S/C18H17ClN2S.C4H6.CH3Cl/c1-20-9-8-16-15(12-20)14-11-17(19)22-18(14)21(16)10-7-13-5-3-2-4-6-13;1-3-4-2;1-2/h2-7,10-11H,8-9,12H2,1H3;3-4H,1-2H2;1H3/b10-7+;;. The van der Waals surface area contributed by atoms with E-state index in [1.165, 1.54) is 33.4 Å². The molecule has 4 rings (SSSR count). The quantitative estimate of drug-likeness (QED) is 0.314. The zero-order chi connectivity index (χ0) is 20.5. The van der Waals surface area contributed by atoms with Crippen molar-refractivity contribution in [2.45, 2.75) is 13.0 Å². The summed E-state index contributed by atoms with van der Waals surface area (Å²) in [6.45, 7) is 8.84. The lowest BCUT2D eigenvalue weighted by Gasteiger charge is -2.23. The lowest BCUT2D eigenvalue weighted by Crippen LogP contribution is -2.26. The third-order valence-electron chi connectivity index (χ3n) is 4.41. The molecule has 0 fully saturated rings. The van der Waals surface area contributed by atoms with Crippen molar-refractivity contribution in [1.82, 2.24) is 9.47 Å². The van der Waals surface area contributed by atoms with E-state index in [-0.39, 0.29) is 0 Å². The number of benzene rings is 1. The summed E-state index contributed by atoms with van der Waals surface area (Å²) in [4.78, 5) is 3.64. The predicted octanol–water partition coefficient (Wildman–Crippen LogP) is 7.19. The minimum Gasteiger partial charge on any atom is -0.312 e. The van der Waals surface area contributed by atoms with Gasteiger partial charge in [-0.3, -0.25) is 0 Å². The van der Waals surface area contributed by atoms with Gasteiger partial charge >= 0.3 is 0 Å². The van der Waals surface area contributed by atoms with Gasteiger partial charge in [-0.25, -0.2) is 0 Å². The van der Waals surface area contributed by atoms with Gasteiger partial charge in [0, 0.05) is 43.2 Å². The number of aromatic nitrogens is 1. The van der Waals surface area contributed by atoms with E-state index in [1.807, 2.05) is 6.07 Å². The molecule has 0 unspecified atom stereocenters. The number of halogens is 2. The van der Waals surface area contributed by atoms with E-state index in [4.69, 9.17) is 11.6 Å². The fraction of sp³-hybridized carbons (Fsp3) is 0.217. The molecule has 3 heterocycles. The molecule has 0 atom stereocenters. The summed E-state index contributed by atoms with van der Waals surface area (Å²) in [5.41, 5.74) is 4.08. The topological polar surface area (TPSA) is 8.17 Å². The van der Waals surface area contributed by atoms with E-state index in [0.29, 0.717) is 0 Å². The Morgan fingerprint density at radius 2 is 1.79 bits per heavy atom.